The zero-order valence-electron chi connectivity index (χ0n) is 16.3. The van der Waals surface area contributed by atoms with Crippen molar-refractivity contribution in [1.82, 2.24) is 15.6 Å². The van der Waals surface area contributed by atoms with E-state index >= 15 is 0 Å². The second-order valence-corrected chi connectivity index (χ2v) is 6.09. The van der Waals surface area contributed by atoms with Crippen LogP contribution in [0.5, 0.6) is 0 Å². The Hall–Kier alpha value is -2.46. The predicted molar refractivity (Wildman–Crippen MR) is 122 cm³/mol. The van der Waals surface area contributed by atoms with Crippen molar-refractivity contribution < 1.29 is 13.5 Å². The third kappa shape index (κ3) is 6.53. The number of oxazole rings is 1. The van der Waals surface area contributed by atoms with Crippen molar-refractivity contribution in [2.24, 2.45) is 4.99 Å². The van der Waals surface area contributed by atoms with Crippen molar-refractivity contribution in [1.29, 1.82) is 0 Å². The van der Waals surface area contributed by atoms with Crippen LogP contribution in [0.3, 0.4) is 0 Å². The highest BCUT2D eigenvalue weighted by Crippen LogP contribution is 2.18. The molecule has 1 unspecified atom stereocenters. The number of hydrogen-bond acceptors (Lipinski definition) is 4. The van der Waals surface area contributed by atoms with E-state index in [4.69, 9.17) is 9.15 Å². The predicted octanol–water partition coefficient (Wildman–Crippen LogP) is 4.15. The van der Waals surface area contributed by atoms with Gasteiger partial charge in [0, 0.05) is 26.3 Å². The van der Waals surface area contributed by atoms with Crippen LogP contribution in [0.4, 0.5) is 4.39 Å². The third-order valence-electron chi connectivity index (χ3n) is 4.21. The molecule has 2 N–H and O–H groups in total. The van der Waals surface area contributed by atoms with E-state index in [-0.39, 0.29) is 35.9 Å². The summed E-state index contributed by atoms with van der Waals surface area (Å²) in [7, 11) is 3.31. The van der Waals surface area contributed by atoms with Gasteiger partial charge in [0.05, 0.1) is 18.3 Å². The van der Waals surface area contributed by atoms with Crippen LogP contribution in [-0.2, 0) is 11.3 Å². The van der Waals surface area contributed by atoms with Gasteiger partial charge >= 0.3 is 0 Å². The van der Waals surface area contributed by atoms with Gasteiger partial charge in [0.15, 0.2) is 5.96 Å². The van der Waals surface area contributed by atoms with Gasteiger partial charge in [-0.1, -0.05) is 30.3 Å². The molecule has 154 valence electrons. The summed E-state index contributed by atoms with van der Waals surface area (Å²) in [6.07, 6.45) is 1.40. The fourth-order valence-corrected chi connectivity index (χ4v) is 2.70. The Morgan fingerprint density at radius 1 is 1.14 bits per heavy atom. The summed E-state index contributed by atoms with van der Waals surface area (Å²) in [4.78, 5) is 8.68. The summed E-state index contributed by atoms with van der Waals surface area (Å²) in [6.45, 7) is 0.945. The molecule has 0 bridgehead atoms. The van der Waals surface area contributed by atoms with Gasteiger partial charge in [-0.25, -0.2) is 9.37 Å². The largest absolute Gasteiger partial charge is 0.444 e. The van der Waals surface area contributed by atoms with Crippen LogP contribution < -0.4 is 10.6 Å². The molecule has 2 aromatic carbocycles. The van der Waals surface area contributed by atoms with Gasteiger partial charge in [-0.05, 0) is 29.8 Å². The fourth-order valence-electron chi connectivity index (χ4n) is 2.70. The average Bonchev–Trinajstić information content (AvgIpc) is 3.21. The SMILES string of the molecule is CN=C(NCc1coc(-c2ccccc2)n1)NCC(OC)c1ccc(F)cc1.I. The van der Waals surface area contributed by atoms with Gasteiger partial charge in [0.2, 0.25) is 5.89 Å². The monoisotopic (exact) mass is 510 g/mol. The summed E-state index contributed by atoms with van der Waals surface area (Å²) < 4.78 is 24.1. The van der Waals surface area contributed by atoms with Gasteiger partial charge in [-0.2, -0.15) is 0 Å². The smallest absolute Gasteiger partial charge is 0.226 e. The number of aliphatic imine (C=N–C) groups is 1. The molecule has 0 radical (unpaired) electrons. The number of halogens is 2. The van der Waals surface area contributed by atoms with Crippen LogP contribution in [0.2, 0.25) is 0 Å². The number of benzene rings is 2. The minimum Gasteiger partial charge on any atom is -0.444 e. The summed E-state index contributed by atoms with van der Waals surface area (Å²) in [5.74, 6) is 0.913. The van der Waals surface area contributed by atoms with Crippen LogP contribution in [0, 0.1) is 5.82 Å². The molecule has 6 nitrogen and oxygen atoms in total. The molecule has 0 fully saturated rings. The molecule has 3 aromatic rings. The molecule has 0 saturated carbocycles. The minimum atomic E-state index is -0.272. The van der Waals surface area contributed by atoms with Gasteiger partial charge in [0.25, 0.3) is 0 Å². The van der Waals surface area contributed by atoms with Crippen molar-refractivity contribution in [3.05, 3.63) is 77.9 Å². The Labute approximate surface area is 186 Å². The number of rotatable bonds is 7. The number of guanidine groups is 1. The maximum atomic E-state index is 13.1. The molecule has 0 spiro atoms. The number of methoxy groups -OCH3 is 1. The highest BCUT2D eigenvalue weighted by Gasteiger charge is 2.12. The van der Waals surface area contributed by atoms with Crippen LogP contribution in [0.15, 0.2) is 70.3 Å². The van der Waals surface area contributed by atoms with Crippen molar-refractivity contribution in [2.45, 2.75) is 12.6 Å². The van der Waals surface area contributed by atoms with Gasteiger partial charge in [-0.15, -0.1) is 24.0 Å². The Morgan fingerprint density at radius 3 is 2.52 bits per heavy atom. The maximum absolute atomic E-state index is 13.1. The highest BCUT2D eigenvalue weighted by molar-refractivity contribution is 14.0. The lowest BCUT2D eigenvalue weighted by molar-refractivity contribution is 0.106. The first kappa shape index (κ1) is 22.8. The fraction of sp³-hybridized carbons (Fsp3) is 0.238. The van der Waals surface area contributed by atoms with Crippen LogP contribution in [-0.4, -0.2) is 31.6 Å². The third-order valence-corrected chi connectivity index (χ3v) is 4.21. The molecule has 0 aliphatic carbocycles. The number of nitrogens with one attached hydrogen (secondary N) is 2. The summed E-state index contributed by atoms with van der Waals surface area (Å²) in [5, 5.41) is 6.40. The summed E-state index contributed by atoms with van der Waals surface area (Å²) in [6, 6.07) is 16.0. The molecule has 3 rings (SSSR count). The second kappa shape index (κ2) is 11.5. The first-order chi connectivity index (χ1) is 13.7. The molecule has 0 aliphatic heterocycles. The number of hydrogen-bond donors (Lipinski definition) is 2. The topological polar surface area (TPSA) is 71.7 Å². The zero-order valence-corrected chi connectivity index (χ0v) is 18.6. The molecule has 1 aromatic heterocycles. The molecule has 1 heterocycles. The summed E-state index contributed by atoms with van der Waals surface area (Å²) in [5.41, 5.74) is 2.58. The second-order valence-electron chi connectivity index (χ2n) is 6.09. The van der Waals surface area contributed by atoms with Crippen molar-refractivity contribution in [2.75, 3.05) is 20.7 Å². The average molecular weight is 510 g/mol. The van der Waals surface area contributed by atoms with Gasteiger partial charge in [-0.3, -0.25) is 4.99 Å². The van der Waals surface area contributed by atoms with Gasteiger partial charge < -0.3 is 19.8 Å². The van der Waals surface area contributed by atoms with Crippen molar-refractivity contribution in [3.63, 3.8) is 0 Å². The van der Waals surface area contributed by atoms with Gasteiger partial charge in [0.1, 0.15) is 12.1 Å². The lowest BCUT2D eigenvalue weighted by Crippen LogP contribution is -2.39. The quantitative estimate of drug-likeness (QED) is 0.284. The maximum Gasteiger partial charge on any atom is 0.226 e. The Morgan fingerprint density at radius 2 is 1.86 bits per heavy atom. The molecule has 1 atom stereocenters. The van der Waals surface area contributed by atoms with E-state index in [1.165, 1.54) is 12.1 Å². The molecule has 0 amide bonds. The minimum absolute atomic E-state index is 0. The van der Waals surface area contributed by atoms with Crippen molar-refractivity contribution >= 4 is 29.9 Å². The Kier molecular flexibility index (Phi) is 9.07. The molecular formula is C21H24FIN4O2. The number of nitrogens with zero attached hydrogens (tertiary/aromatic N) is 2. The van der Waals surface area contributed by atoms with Crippen LogP contribution in [0.1, 0.15) is 17.4 Å². The molecule has 0 aliphatic rings. The normalized spacial score (nSPS) is 12.2. The Balaban J connectivity index is 0.00000300. The summed E-state index contributed by atoms with van der Waals surface area (Å²) >= 11 is 0. The van der Waals surface area contributed by atoms with E-state index in [0.29, 0.717) is 24.9 Å². The van der Waals surface area contributed by atoms with E-state index in [0.717, 1.165) is 16.8 Å². The first-order valence-electron chi connectivity index (χ1n) is 8.92. The number of aromatic nitrogens is 1. The van der Waals surface area contributed by atoms with E-state index in [1.807, 2.05) is 30.3 Å². The zero-order chi connectivity index (χ0) is 19.8. The lowest BCUT2D eigenvalue weighted by atomic mass is 10.1. The van der Waals surface area contributed by atoms with E-state index in [1.54, 1.807) is 32.6 Å². The van der Waals surface area contributed by atoms with Crippen LogP contribution in [0.25, 0.3) is 11.5 Å². The molecular weight excluding hydrogens is 486 g/mol. The van der Waals surface area contributed by atoms with E-state index in [9.17, 15) is 4.39 Å². The van der Waals surface area contributed by atoms with Crippen LogP contribution >= 0.6 is 24.0 Å². The lowest BCUT2D eigenvalue weighted by Gasteiger charge is -2.18. The molecule has 8 heteroatoms. The molecule has 0 saturated heterocycles. The Bertz CT molecular complexity index is 901. The van der Waals surface area contributed by atoms with E-state index in [2.05, 4.69) is 20.6 Å². The first-order valence-corrected chi connectivity index (χ1v) is 8.92. The molecule has 29 heavy (non-hydrogen) atoms. The van der Waals surface area contributed by atoms with E-state index < -0.39 is 0 Å². The standard InChI is InChI=1S/C21H23FN4O2.HI/c1-23-21(25-13-19(27-2)15-8-10-17(22)11-9-15)24-12-18-14-28-20(26-18)16-6-4-3-5-7-16;/h3-11,14,19H,12-13H2,1-2H3,(H2,23,24,25);1H. The van der Waals surface area contributed by atoms with Crippen molar-refractivity contribution in [3.8, 4) is 11.5 Å². The number of ether oxygens (including phenoxy) is 1. The highest BCUT2D eigenvalue weighted by atomic mass is 127.